The van der Waals surface area contributed by atoms with Crippen molar-refractivity contribution in [2.75, 3.05) is 0 Å². The molecule has 13 heavy (non-hydrogen) atoms. The van der Waals surface area contributed by atoms with Gasteiger partial charge in [-0.05, 0) is 35.1 Å². The monoisotopic (exact) mass is 310 g/mol. The topological polar surface area (TPSA) is 47.6 Å². The maximum absolute atomic E-state index is 5.95. The molecule has 0 spiro atoms. The Hall–Kier alpha value is -0.0700. The summed E-state index contributed by atoms with van der Waals surface area (Å²) >= 11 is 8.16. The normalized spacial score (nSPS) is 32.8. The van der Waals surface area contributed by atoms with Crippen LogP contribution in [0.3, 0.4) is 0 Å². The molecule has 70 valence electrons. The fraction of sp³-hybridized carbons (Fsp3) is 0.375. The summed E-state index contributed by atoms with van der Waals surface area (Å²) in [6, 6.07) is 0. The van der Waals surface area contributed by atoms with Crippen molar-refractivity contribution in [3.05, 3.63) is 20.9 Å². The minimum absolute atomic E-state index is 0.237. The zero-order chi connectivity index (χ0) is 9.59. The number of hydrogen-bond acceptors (Lipinski definition) is 3. The van der Waals surface area contributed by atoms with E-state index in [1.165, 1.54) is 0 Å². The third-order valence-electron chi connectivity index (χ3n) is 2.14. The quantitative estimate of drug-likeness (QED) is 0.549. The van der Waals surface area contributed by atoms with E-state index in [-0.39, 0.29) is 11.7 Å². The van der Waals surface area contributed by atoms with Crippen LogP contribution in [0.4, 0.5) is 0 Å². The number of aliphatic imine (C=N–C) groups is 1. The van der Waals surface area contributed by atoms with E-state index < -0.39 is 0 Å². The summed E-state index contributed by atoms with van der Waals surface area (Å²) in [6.07, 6.45) is 1.50. The van der Waals surface area contributed by atoms with Crippen LogP contribution in [0.1, 0.15) is 6.92 Å². The number of nitrogens with two attached hydrogens (primary N) is 1. The molecule has 2 N–H and O–H groups in total. The Bertz CT molecular complexity index is 348. The van der Waals surface area contributed by atoms with Gasteiger partial charge in [-0.3, -0.25) is 0 Å². The summed E-state index contributed by atoms with van der Waals surface area (Å²) in [6.45, 7) is 1.96. The molecule has 2 unspecified atom stereocenters. The number of ether oxygens (including phenoxy) is 1. The van der Waals surface area contributed by atoms with Crippen LogP contribution in [0, 0.1) is 0 Å². The van der Waals surface area contributed by atoms with Crippen LogP contribution < -0.4 is 5.73 Å². The van der Waals surface area contributed by atoms with E-state index in [0.29, 0.717) is 5.84 Å². The van der Waals surface area contributed by atoms with Crippen LogP contribution in [0.15, 0.2) is 25.9 Å². The molecule has 2 heterocycles. The highest BCUT2D eigenvalue weighted by Crippen LogP contribution is 2.38. The summed E-state index contributed by atoms with van der Waals surface area (Å²) in [7, 11) is 0. The van der Waals surface area contributed by atoms with Gasteiger partial charge >= 0.3 is 0 Å². The van der Waals surface area contributed by atoms with Crippen molar-refractivity contribution in [2.45, 2.75) is 18.6 Å². The summed E-state index contributed by atoms with van der Waals surface area (Å²) in [5.74, 6) is 0.484. The number of rotatable bonds is 0. The van der Waals surface area contributed by atoms with Gasteiger partial charge in [0.05, 0.1) is 0 Å². The Kier molecular flexibility index (Phi) is 2.37. The van der Waals surface area contributed by atoms with E-state index in [1.807, 2.05) is 6.92 Å². The number of alkyl halides is 1. The lowest BCUT2D eigenvalue weighted by molar-refractivity contribution is 0.139. The van der Waals surface area contributed by atoms with Gasteiger partial charge in [0.15, 0.2) is 5.56 Å². The summed E-state index contributed by atoms with van der Waals surface area (Å²) in [4.78, 5) is 4.03. The maximum atomic E-state index is 5.95. The van der Waals surface area contributed by atoms with Crippen LogP contribution in [0.2, 0.25) is 0 Å². The Morgan fingerprint density at radius 3 is 3.00 bits per heavy atom. The molecule has 2 aliphatic rings. The zero-order valence-corrected chi connectivity index (χ0v) is 9.83. The van der Waals surface area contributed by atoms with Gasteiger partial charge in [0.2, 0.25) is 0 Å². The maximum Gasteiger partial charge on any atom is 0.154 e. The number of halogens is 2. The van der Waals surface area contributed by atoms with Crippen molar-refractivity contribution in [1.82, 2.24) is 0 Å². The highest BCUT2D eigenvalue weighted by atomic mass is 127. The molecule has 5 heteroatoms. The van der Waals surface area contributed by atoms with Gasteiger partial charge in [-0.2, -0.15) is 0 Å². The first-order valence-electron chi connectivity index (χ1n) is 3.80. The van der Waals surface area contributed by atoms with E-state index in [1.54, 1.807) is 6.20 Å². The molecule has 0 saturated heterocycles. The van der Waals surface area contributed by atoms with Crippen molar-refractivity contribution in [3.63, 3.8) is 0 Å². The molecule has 0 bridgehead atoms. The fourth-order valence-electron chi connectivity index (χ4n) is 1.42. The molecular weight excluding hydrogens is 302 g/mol. The number of fused-ring (bicyclic) bond motifs is 1. The summed E-state index contributed by atoms with van der Waals surface area (Å²) in [5, 5.41) is 0. The molecule has 0 radical (unpaired) electrons. The van der Waals surface area contributed by atoms with Gasteiger partial charge in [0, 0.05) is 15.4 Å². The molecule has 0 amide bonds. The molecule has 0 aromatic rings. The van der Waals surface area contributed by atoms with Crippen molar-refractivity contribution in [1.29, 1.82) is 0 Å². The van der Waals surface area contributed by atoms with Gasteiger partial charge < -0.3 is 10.5 Å². The minimum Gasteiger partial charge on any atom is -0.385 e. The predicted octanol–water partition coefficient (Wildman–Crippen LogP) is 1.91. The number of amidine groups is 1. The highest BCUT2D eigenvalue weighted by Gasteiger charge is 2.36. The van der Waals surface area contributed by atoms with Crippen LogP contribution >= 0.6 is 34.2 Å². The molecule has 2 rings (SSSR count). The van der Waals surface area contributed by atoms with Gasteiger partial charge in [0.1, 0.15) is 11.9 Å². The Morgan fingerprint density at radius 1 is 1.69 bits per heavy atom. The van der Waals surface area contributed by atoms with E-state index >= 15 is 0 Å². The van der Waals surface area contributed by atoms with Crippen molar-refractivity contribution < 1.29 is 4.74 Å². The second kappa shape index (κ2) is 3.25. The van der Waals surface area contributed by atoms with Gasteiger partial charge in [-0.25, -0.2) is 4.99 Å². The predicted molar refractivity (Wildman–Crippen MR) is 60.9 cm³/mol. The minimum atomic E-state index is -0.370. The SMILES string of the molecule is CC1=C2C(I)=CN=C(N)C2OC1Cl. The third kappa shape index (κ3) is 1.41. The second-order valence-corrected chi connectivity index (χ2v) is 4.52. The van der Waals surface area contributed by atoms with E-state index in [0.717, 1.165) is 14.7 Å². The molecule has 2 atom stereocenters. The molecule has 0 aromatic carbocycles. The van der Waals surface area contributed by atoms with Crippen molar-refractivity contribution in [2.24, 2.45) is 10.7 Å². The van der Waals surface area contributed by atoms with Gasteiger partial charge in [-0.1, -0.05) is 11.6 Å². The molecule has 0 saturated carbocycles. The van der Waals surface area contributed by atoms with Crippen LogP contribution in [-0.2, 0) is 4.74 Å². The first-order chi connectivity index (χ1) is 6.11. The second-order valence-electron chi connectivity index (χ2n) is 2.96. The number of nitrogens with zero attached hydrogens (tertiary/aromatic N) is 1. The van der Waals surface area contributed by atoms with Crippen LogP contribution in [0.25, 0.3) is 0 Å². The number of hydrogen-bond donors (Lipinski definition) is 1. The summed E-state index contributed by atoms with van der Waals surface area (Å²) in [5.41, 5.74) is 7.43. The van der Waals surface area contributed by atoms with E-state index in [2.05, 4.69) is 27.6 Å². The Balaban J connectivity index is 2.50. The Morgan fingerprint density at radius 2 is 2.38 bits per heavy atom. The smallest absolute Gasteiger partial charge is 0.154 e. The largest absolute Gasteiger partial charge is 0.385 e. The first-order valence-corrected chi connectivity index (χ1v) is 5.32. The molecule has 2 aliphatic heterocycles. The average molecular weight is 311 g/mol. The van der Waals surface area contributed by atoms with Crippen molar-refractivity contribution in [3.8, 4) is 0 Å². The van der Waals surface area contributed by atoms with Crippen molar-refractivity contribution >= 4 is 40.0 Å². The fourth-order valence-corrected chi connectivity index (χ4v) is 2.49. The van der Waals surface area contributed by atoms with Crippen LogP contribution in [-0.4, -0.2) is 17.5 Å². The van der Waals surface area contributed by atoms with E-state index in [4.69, 9.17) is 22.1 Å². The molecular formula is C8H8ClIN2O. The lowest BCUT2D eigenvalue weighted by Gasteiger charge is -2.17. The standard InChI is InChI=1S/C8H8ClIN2O/c1-3-5-4(10)2-12-8(11)6(5)13-7(3)9/h2,6-7H,1H3,(H2,11,12). The molecule has 0 aromatic heterocycles. The zero-order valence-electron chi connectivity index (χ0n) is 6.92. The van der Waals surface area contributed by atoms with E-state index in [9.17, 15) is 0 Å². The van der Waals surface area contributed by atoms with Gasteiger partial charge in [0.25, 0.3) is 0 Å². The van der Waals surface area contributed by atoms with Gasteiger partial charge in [-0.15, -0.1) is 0 Å². The Labute approximate surface area is 94.8 Å². The average Bonchev–Trinajstić information content (AvgIpc) is 2.38. The lowest BCUT2D eigenvalue weighted by atomic mass is 10.0. The molecule has 3 nitrogen and oxygen atoms in total. The summed E-state index contributed by atoms with van der Waals surface area (Å²) < 4.78 is 6.50. The third-order valence-corrected chi connectivity index (χ3v) is 3.43. The first kappa shape index (κ1) is 9.48. The molecule has 0 aliphatic carbocycles. The lowest BCUT2D eigenvalue weighted by Crippen LogP contribution is -2.32. The van der Waals surface area contributed by atoms with Crippen LogP contribution in [0.5, 0.6) is 0 Å². The molecule has 0 fully saturated rings. The highest BCUT2D eigenvalue weighted by molar-refractivity contribution is 14.1.